The normalized spacial score (nSPS) is 14.6. The van der Waals surface area contributed by atoms with Crippen LogP contribution in [0.4, 0.5) is 10.5 Å². The van der Waals surface area contributed by atoms with Crippen LogP contribution in [0.2, 0.25) is 0 Å². The number of urea groups is 1. The highest BCUT2D eigenvalue weighted by atomic mass is 16.4. The second-order valence-electron chi connectivity index (χ2n) is 6.65. The fourth-order valence-electron chi connectivity index (χ4n) is 3.19. The molecule has 1 fully saturated rings. The maximum atomic E-state index is 12.3. The Balaban J connectivity index is 1.54. The Morgan fingerprint density at radius 2 is 1.85 bits per heavy atom. The molecule has 0 aliphatic carbocycles. The van der Waals surface area contributed by atoms with Gasteiger partial charge < -0.3 is 20.4 Å². The second-order valence-corrected chi connectivity index (χ2v) is 6.65. The zero-order valence-electron chi connectivity index (χ0n) is 15.6. The molecular weight excluding hydrogens is 344 g/mol. The first kappa shape index (κ1) is 19.0. The summed E-state index contributed by atoms with van der Waals surface area (Å²) >= 11 is 0. The molecule has 0 unspecified atom stereocenters. The summed E-state index contributed by atoms with van der Waals surface area (Å²) in [5.74, 6) is 0.448. The number of hydrogen-bond donors (Lipinski definition) is 3. The van der Waals surface area contributed by atoms with Gasteiger partial charge in [-0.1, -0.05) is 24.6 Å². The quantitative estimate of drug-likeness (QED) is 0.730. The van der Waals surface area contributed by atoms with E-state index in [9.17, 15) is 9.59 Å². The van der Waals surface area contributed by atoms with Crippen molar-refractivity contribution in [1.82, 2.24) is 15.5 Å². The van der Waals surface area contributed by atoms with Crippen LogP contribution in [0.15, 0.2) is 40.8 Å². The number of rotatable bonds is 6. The Hall–Kier alpha value is -2.80. The van der Waals surface area contributed by atoms with E-state index in [4.69, 9.17) is 4.42 Å². The summed E-state index contributed by atoms with van der Waals surface area (Å²) < 4.78 is 5.40. The predicted octanol–water partition coefficient (Wildman–Crippen LogP) is 2.95. The number of nitrogens with zero attached hydrogens (tertiary/aromatic N) is 1. The van der Waals surface area contributed by atoms with Gasteiger partial charge >= 0.3 is 6.03 Å². The van der Waals surface area contributed by atoms with Crippen molar-refractivity contribution < 1.29 is 14.0 Å². The molecule has 3 N–H and O–H groups in total. The third-order valence-corrected chi connectivity index (χ3v) is 4.64. The van der Waals surface area contributed by atoms with E-state index in [2.05, 4.69) is 20.9 Å². The number of carbonyl (C=O) groups excluding carboxylic acids is 2. The standard InChI is InChI=1S/C20H26N4O3/c1-21-19(25)18-10-9-16(27-18)13-22-20(26)23-17-8-4-3-7-15(17)14-24-11-5-2-6-12-24/h3-4,7-10H,2,5-6,11-14H2,1H3,(H,21,25)(H2,22,23,26). The maximum Gasteiger partial charge on any atom is 0.319 e. The van der Waals surface area contributed by atoms with Gasteiger partial charge in [-0.2, -0.15) is 0 Å². The minimum atomic E-state index is -0.306. The van der Waals surface area contributed by atoms with Crippen LogP contribution in [0.5, 0.6) is 0 Å². The Morgan fingerprint density at radius 1 is 1.07 bits per heavy atom. The van der Waals surface area contributed by atoms with Crippen LogP contribution in [-0.2, 0) is 13.1 Å². The second kappa shape index (κ2) is 9.23. The molecule has 0 atom stereocenters. The summed E-state index contributed by atoms with van der Waals surface area (Å²) in [5, 5.41) is 8.17. The number of piperidine rings is 1. The monoisotopic (exact) mass is 370 g/mol. The number of para-hydroxylation sites is 1. The van der Waals surface area contributed by atoms with E-state index in [-0.39, 0.29) is 24.2 Å². The molecule has 7 nitrogen and oxygen atoms in total. The average molecular weight is 370 g/mol. The van der Waals surface area contributed by atoms with Gasteiger partial charge in [-0.3, -0.25) is 9.69 Å². The third kappa shape index (κ3) is 5.34. The van der Waals surface area contributed by atoms with Gasteiger partial charge in [-0.05, 0) is 49.7 Å². The van der Waals surface area contributed by atoms with Crippen molar-refractivity contribution in [2.45, 2.75) is 32.4 Å². The molecule has 2 aromatic rings. The van der Waals surface area contributed by atoms with Gasteiger partial charge in [-0.25, -0.2) is 4.79 Å². The summed E-state index contributed by atoms with van der Waals surface area (Å²) in [5.41, 5.74) is 1.92. The molecule has 3 amide bonds. The van der Waals surface area contributed by atoms with Crippen LogP contribution in [-0.4, -0.2) is 37.0 Å². The van der Waals surface area contributed by atoms with E-state index >= 15 is 0 Å². The number of amides is 3. The SMILES string of the molecule is CNC(=O)c1ccc(CNC(=O)Nc2ccccc2CN2CCCCC2)o1. The zero-order chi connectivity index (χ0) is 19.1. The number of anilines is 1. The van der Waals surface area contributed by atoms with E-state index in [1.165, 1.54) is 26.3 Å². The molecule has 1 aliphatic heterocycles. The molecule has 0 bridgehead atoms. The number of furan rings is 1. The van der Waals surface area contributed by atoms with Crippen LogP contribution < -0.4 is 16.0 Å². The van der Waals surface area contributed by atoms with E-state index in [1.807, 2.05) is 24.3 Å². The summed E-state index contributed by atoms with van der Waals surface area (Å²) in [6.45, 7) is 3.25. The highest BCUT2D eigenvalue weighted by molar-refractivity contribution is 5.91. The van der Waals surface area contributed by atoms with Crippen molar-refractivity contribution in [1.29, 1.82) is 0 Å². The molecule has 7 heteroatoms. The smallest absolute Gasteiger partial charge is 0.319 e. The Kier molecular flexibility index (Phi) is 6.49. The lowest BCUT2D eigenvalue weighted by molar-refractivity contribution is 0.0934. The van der Waals surface area contributed by atoms with Gasteiger partial charge in [0.25, 0.3) is 5.91 Å². The van der Waals surface area contributed by atoms with Gasteiger partial charge in [-0.15, -0.1) is 0 Å². The number of benzene rings is 1. The van der Waals surface area contributed by atoms with Crippen LogP contribution in [0.1, 0.15) is 41.1 Å². The first-order valence-corrected chi connectivity index (χ1v) is 9.31. The summed E-state index contributed by atoms with van der Waals surface area (Å²) in [6.07, 6.45) is 3.77. The number of likely N-dealkylation sites (tertiary alicyclic amines) is 1. The van der Waals surface area contributed by atoms with Gasteiger partial charge in [0.2, 0.25) is 0 Å². The Morgan fingerprint density at radius 3 is 2.63 bits per heavy atom. The van der Waals surface area contributed by atoms with Gasteiger partial charge in [0.15, 0.2) is 5.76 Å². The molecule has 0 radical (unpaired) electrons. The zero-order valence-corrected chi connectivity index (χ0v) is 15.6. The van der Waals surface area contributed by atoms with Crippen molar-refractivity contribution in [3.05, 3.63) is 53.5 Å². The third-order valence-electron chi connectivity index (χ3n) is 4.64. The molecular formula is C20H26N4O3. The van der Waals surface area contributed by atoms with Crippen molar-refractivity contribution in [2.24, 2.45) is 0 Å². The van der Waals surface area contributed by atoms with Crippen LogP contribution in [0.25, 0.3) is 0 Å². The molecule has 1 aliphatic rings. The molecule has 0 saturated carbocycles. The summed E-state index contributed by atoms with van der Waals surface area (Å²) in [7, 11) is 1.54. The van der Waals surface area contributed by atoms with Crippen molar-refractivity contribution in [3.8, 4) is 0 Å². The summed E-state index contributed by atoms with van der Waals surface area (Å²) in [4.78, 5) is 26.2. The van der Waals surface area contributed by atoms with E-state index < -0.39 is 0 Å². The Bertz CT molecular complexity index is 781. The molecule has 1 aromatic carbocycles. The molecule has 0 spiro atoms. The summed E-state index contributed by atoms with van der Waals surface area (Å²) in [6, 6.07) is 10.8. The lowest BCUT2D eigenvalue weighted by atomic mass is 10.1. The highest BCUT2D eigenvalue weighted by Crippen LogP contribution is 2.19. The fraction of sp³-hybridized carbons (Fsp3) is 0.400. The minimum Gasteiger partial charge on any atom is -0.454 e. The van der Waals surface area contributed by atoms with E-state index in [0.717, 1.165) is 30.9 Å². The number of nitrogens with one attached hydrogen (secondary N) is 3. The van der Waals surface area contributed by atoms with Crippen molar-refractivity contribution in [3.63, 3.8) is 0 Å². The fourth-order valence-corrected chi connectivity index (χ4v) is 3.19. The first-order valence-electron chi connectivity index (χ1n) is 9.31. The number of carbonyl (C=O) groups is 2. The average Bonchev–Trinajstić information content (AvgIpc) is 3.17. The molecule has 1 aromatic heterocycles. The van der Waals surface area contributed by atoms with Crippen molar-refractivity contribution >= 4 is 17.6 Å². The van der Waals surface area contributed by atoms with Gasteiger partial charge in [0.1, 0.15) is 5.76 Å². The van der Waals surface area contributed by atoms with Crippen molar-refractivity contribution in [2.75, 3.05) is 25.5 Å². The molecule has 144 valence electrons. The lowest BCUT2D eigenvalue weighted by Gasteiger charge is -2.27. The molecule has 1 saturated heterocycles. The Labute approximate surface area is 159 Å². The van der Waals surface area contributed by atoms with Crippen LogP contribution in [0, 0.1) is 0 Å². The molecule has 27 heavy (non-hydrogen) atoms. The minimum absolute atomic E-state index is 0.205. The first-order chi connectivity index (χ1) is 13.2. The maximum absolute atomic E-state index is 12.3. The van der Waals surface area contributed by atoms with Gasteiger partial charge in [0.05, 0.1) is 6.54 Å². The van der Waals surface area contributed by atoms with Crippen LogP contribution in [0.3, 0.4) is 0 Å². The highest BCUT2D eigenvalue weighted by Gasteiger charge is 2.14. The molecule has 3 rings (SSSR count). The topological polar surface area (TPSA) is 86.6 Å². The number of hydrogen-bond acceptors (Lipinski definition) is 4. The van der Waals surface area contributed by atoms with Gasteiger partial charge in [0, 0.05) is 19.3 Å². The van der Waals surface area contributed by atoms with E-state index in [0.29, 0.717) is 5.76 Å². The predicted molar refractivity (Wildman–Crippen MR) is 104 cm³/mol. The van der Waals surface area contributed by atoms with E-state index in [1.54, 1.807) is 12.1 Å². The largest absolute Gasteiger partial charge is 0.454 e. The van der Waals surface area contributed by atoms with Crippen LogP contribution >= 0.6 is 0 Å². The lowest BCUT2D eigenvalue weighted by Crippen LogP contribution is -2.31. The molecule has 2 heterocycles.